The molecule has 1 aliphatic heterocycles. The summed E-state index contributed by atoms with van der Waals surface area (Å²) in [4.78, 5) is 3.80. The second-order valence-electron chi connectivity index (χ2n) is 3.82. The van der Waals surface area contributed by atoms with Crippen molar-refractivity contribution >= 4 is 11.8 Å². The molecular weight excluding hydrogens is 206 g/mol. The third kappa shape index (κ3) is 3.52. The number of hydrogen-bond donors (Lipinski definition) is 0. The Bertz CT molecular complexity index is 310. The molecule has 0 atom stereocenters. The molecule has 1 fully saturated rings. The fourth-order valence-electron chi connectivity index (χ4n) is 1.60. The van der Waals surface area contributed by atoms with Crippen LogP contribution in [0.5, 0.6) is 0 Å². The van der Waals surface area contributed by atoms with Crippen LogP contribution in [0.3, 0.4) is 0 Å². The molecule has 2 nitrogen and oxygen atoms in total. The van der Waals surface area contributed by atoms with Crippen molar-refractivity contribution in [3.63, 3.8) is 0 Å². The van der Waals surface area contributed by atoms with Gasteiger partial charge in [0.2, 0.25) is 0 Å². The number of benzene rings is 1. The molecule has 0 N–H and O–H groups in total. The molecule has 0 unspecified atom stereocenters. The number of morpholine rings is 1. The standard InChI is InChI=1S/C12H17NOS/c1-11-3-2-4-12(9-11)15-10-13-5-7-14-8-6-13/h2-4,9H,5-8,10H2,1H3. The Morgan fingerprint density at radius 1 is 1.33 bits per heavy atom. The van der Waals surface area contributed by atoms with Gasteiger partial charge in [0.25, 0.3) is 0 Å². The zero-order chi connectivity index (χ0) is 10.5. The van der Waals surface area contributed by atoms with E-state index in [4.69, 9.17) is 4.74 Å². The van der Waals surface area contributed by atoms with Crippen molar-refractivity contribution in [2.75, 3.05) is 32.2 Å². The predicted molar refractivity (Wildman–Crippen MR) is 64.3 cm³/mol. The number of rotatable bonds is 3. The molecule has 0 saturated carbocycles. The second kappa shape index (κ2) is 5.54. The van der Waals surface area contributed by atoms with E-state index >= 15 is 0 Å². The van der Waals surface area contributed by atoms with Crippen LogP contribution in [0.2, 0.25) is 0 Å². The topological polar surface area (TPSA) is 12.5 Å². The molecule has 0 radical (unpaired) electrons. The fourth-order valence-corrected chi connectivity index (χ4v) is 2.64. The molecule has 1 aromatic carbocycles. The Morgan fingerprint density at radius 2 is 2.13 bits per heavy atom. The number of nitrogens with zero attached hydrogens (tertiary/aromatic N) is 1. The normalized spacial score (nSPS) is 17.9. The van der Waals surface area contributed by atoms with Crippen LogP contribution < -0.4 is 0 Å². The molecule has 0 bridgehead atoms. The van der Waals surface area contributed by atoms with E-state index < -0.39 is 0 Å². The van der Waals surface area contributed by atoms with Gasteiger partial charge in [-0.3, -0.25) is 4.90 Å². The molecule has 15 heavy (non-hydrogen) atoms. The first-order valence-electron chi connectivity index (χ1n) is 5.34. The molecule has 0 amide bonds. The quantitative estimate of drug-likeness (QED) is 0.730. The fraction of sp³-hybridized carbons (Fsp3) is 0.500. The van der Waals surface area contributed by atoms with Gasteiger partial charge in [-0.05, 0) is 19.1 Å². The molecule has 1 saturated heterocycles. The van der Waals surface area contributed by atoms with Crippen molar-refractivity contribution in [3.8, 4) is 0 Å². The summed E-state index contributed by atoms with van der Waals surface area (Å²) in [7, 11) is 0. The maximum atomic E-state index is 5.32. The van der Waals surface area contributed by atoms with Crippen LogP contribution in [-0.4, -0.2) is 37.1 Å². The molecule has 0 aliphatic carbocycles. The largest absolute Gasteiger partial charge is 0.379 e. The molecule has 0 spiro atoms. The van der Waals surface area contributed by atoms with Gasteiger partial charge in [-0.2, -0.15) is 0 Å². The Morgan fingerprint density at radius 3 is 2.87 bits per heavy atom. The predicted octanol–water partition coefficient (Wildman–Crippen LogP) is 2.38. The van der Waals surface area contributed by atoms with Crippen molar-refractivity contribution in [1.29, 1.82) is 0 Å². The van der Waals surface area contributed by atoms with Crippen LogP contribution in [0.1, 0.15) is 5.56 Å². The first-order valence-corrected chi connectivity index (χ1v) is 6.33. The van der Waals surface area contributed by atoms with Crippen LogP contribution in [0, 0.1) is 6.92 Å². The smallest absolute Gasteiger partial charge is 0.0594 e. The van der Waals surface area contributed by atoms with E-state index in [1.807, 2.05) is 11.8 Å². The van der Waals surface area contributed by atoms with Gasteiger partial charge in [0.1, 0.15) is 0 Å². The number of thioether (sulfide) groups is 1. The molecule has 1 heterocycles. The minimum Gasteiger partial charge on any atom is -0.379 e. The van der Waals surface area contributed by atoms with Crippen LogP contribution in [0.25, 0.3) is 0 Å². The van der Waals surface area contributed by atoms with E-state index in [0.717, 1.165) is 32.2 Å². The van der Waals surface area contributed by atoms with E-state index in [-0.39, 0.29) is 0 Å². The lowest BCUT2D eigenvalue weighted by Gasteiger charge is -2.26. The molecule has 1 aliphatic rings. The Labute approximate surface area is 95.6 Å². The zero-order valence-electron chi connectivity index (χ0n) is 9.11. The van der Waals surface area contributed by atoms with Crippen molar-refractivity contribution in [3.05, 3.63) is 29.8 Å². The van der Waals surface area contributed by atoms with Crippen molar-refractivity contribution in [2.24, 2.45) is 0 Å². The summed E-state index contributed by atoms with van der Waals surface area (Å²) < 4.78 is 5.32. The lowest BCUT2D eigenvalue weighted by molar-refractivity contribution is 0.0474. The average Bonchev–Trinajstić information content (AvgIpc) is 2.28. The number of hydrogen-bond acceptors (Lipinski definition) is 3. The average molecular weight is 223 g/mol. The van der Waals surface area contributed by atoms with Gasteiger partial charge in [0.15, 0.2) is 0 Å². The summed E-state index contributed by atoms with van der Waals surface area (Å²) in [6.07, 6.45) is 0. The highest BCUT2D eigenvalue weighted by atomic mass is 32.2. The zero-order valence-corrected chi connectivity index (χ0v) is 9.93. The van der Waals surface area contributed by atoms with Crippen LogP contribution >= 0.6 is 11.8 Å². The van der Waals surface area contributed by atoms with E-state index in [2.05, 4.69) is 36.1 Å². The van der Waals surface area contributed by atoms with Gasteiger partial charge < -0.3 is 4.74 Å². The minimum absolute atomic E-state index is 0.883. The number of ether oxygens (including phenoxy) is 1. The van der Waals surface area contributed by atoms with Crippen molar-refractivity contribution in [2.45, 2.75) is 11.8 Å². The van der Waals surface area contributed by atoms with Gasteiger partial charge in [0.05, 0.1) is 13.2 Å². The van der Waals surface area contributed by atoms with Gasteiger partial charge in [-0.1, -0.05) is 17.7 Å². The summed E-state index contributed by atoms with van der Waals surface area (Å²) in [5.41, 5.74) is 1.34. The summed E-state index contributed by atoms with van der Waals surface area (Å²) in [6, 6.07) is 8.68. The molecular formula is C12H17NOS. The lowest BCUT2D eigenvalue weighted by atomic mass is 10.2. The third-order valence-electron chi connectivity index (χ3n) is 2.51. The second-order valence-corrected chi connectivity index (χ2v) is 4.84. The van der Waals surface area contributed by atoms with Crippen molar-refractivity contribution < 1.29 is 4.74 Å². The highest BCUT2D eigenvalue weighted by Crippen LogP contribution is 2.20. The monoisotopic (exact) mass is 223 g/mol. The van der Waals surface area contributed by atoms with E-state index in [1.165, 1.54) is 10.5 Å². The molecule has 0 aromatic heterocycles. The van der Waals surface area contributed by atoms with Gasteiger partial charge >= 0.3 is 0 Å². The van der Waals surface area contributed by atoms with E-state index in [1.54, 1.807) is 0 Å². The van der Waals surface area contributed by atoms with Gasteiger partial charge in [0, 0.05) is 23.9 Å². The SMILES string of the molecule is Cc1cccc(SCN2CCOCC2)c1. The summed E-state index contributed by atoms with van der Waals surface area (Å²) in [6.45, 7) is 6.04. The van der Waals surface area contributed by atoms with E-state index in [9.17, 15) is 0 Å². The van der Waals surface area contributed by atoms with Gasteiger partial charge in [-0.15, -0.1) is 11.8 Å². The minimum atomic E-state index is 0.883. The molecule has 82 valence electrons. The maximum Gasteiger partial charge on any atom is 0.0594 e. The van der Waals surface area contributed by atoms with Crippen LogP contribution in [0.4, 0.5) is 0 Å². The van der Waals surface area contributed by atoms with E-state index in [0.29, 0.717) is 0 Å². The van der Waals surface area contributed by atoms with Crippen LogP contribution in [-0.2, 0) is 4.74 Å². The lowest BCUT2D eigenvalue weighted by Crippen LogP contribution is -2.35. The van der Waals surface area contributed by atoms with Gasteiger partial charge in [-0.25, -0.2) is 0 Å². The maximum absolute atomic E-state index is 5.32. The molecule has 2 rings (SSSR count). The van der Waals surface area contributed by atoms with Crippen LogP contribution in [0.15, 0.2) is 29.2 Å². The highest BCUT2D eigenvalue weighted by Gasteiger charge is 2.09. The number of aryl methyl sites for hydroxylation is 1. The first kappa shape index (κ1) is 11.0. The highest BCUT2D eigenvalue weighted by molar-refractivity contribution is 7.99. The third-order valence-corrected chi connectivity index (χ3v) is 3.59. The summed E-state index contributed by atoms with van der Waals surface area (Å²) in [5, 5.41) is 0. The molecule has 3 heteroatoms. The first-order chi connectivity index (χ1) is 7.34. The Balaban J connectivity index is 1.81. The Kier molecular flexibility index (Phi) is 4.06. The molecule has 1 aromatic rings. The summed E-state index contributed by atoms with van der Waals surface area (Å²) >= 11 is 1.91. The summed E-state index contributed by atoms with van der Waals surface area (Å²) in [5.74, 6) is 1.08. The van der Waals surface area contributed by atoms with Crippen molar-refractivity contribution in [1.82, 2.24) is 4.90 Å². The Hall–Kier alpha value is -0.510.